The van der Waals surface area contributed by atoms with Gasteiger partial charge in [0, 0.05) is 7.05 Å². The highest BCUT2D eigenvalue weighted by molar-refractivity contribution is 5.98. The zero-order valence-electron chi connectivity index (χ0n) is 15.4. The van der Waals surface area contributed by atoms with Crippen molar-refractivity contribution in [2.24, 2.45) is 0 Å². The molecule has 0 aliphatic carbocycles. The summed E-state index contributed by atoms with van der Waals surface area (Å²) < 4.78 is 5.81. The Morgan fingerprint density at radius 1 is 0.962 bits per heavy atom. The Hall–Kier alpha value is -2.88. The molecule has 26 heavy (non-hydrogen) atoms. The molecule has 0 radical (unpaired) electrons. The molecule has 3 aromatic rings. The first-order valence-electron chi connectivity index (χ1n) is 8.72. The van der Waals surface area contributed by atoms with Crippen LogP contribution in [-0.4, -0.2) is 17.9 Å². The summed E-state index contributed by atoms with van der Waals surface area (Å²) in [4.78, 5) is 27.4. The van der Waals surface area contributed by atoms with Gasteiger partial charge in [-0.15, -0.1) is 0 Å². The lowest BCUT2D eigenvalue weighted by Crippen LogP contribution is -2.25. The Labute approximate surface area is 152 Å². The van der Waals surface area contributed by atoms with Crippen LogP contribution in [0.3, 0.4) is 0 Å². The molecule has 1 aromatic heterocycles. The van der Waals surface area contributed by atoms with Gasteiger partial charge in [0.25, 0.3) is 5.91 Å². The number of rotatable bonds is 1. The maximum Gasteiger partial charge on any atom is 0.290 e. The largest absolute Gasteiger partial charge is 0.450 e. The zero-order chi connectivity index (χ0) is 18.6. The van der Waals surface area contributed by atoms with E-state index >= 15 is 0 Å². The maximum absolute atomic E-state index is 13.1. The molecule has 0 saturated carbocycles. The van der Waals surface area contributed by atoms with Crippen LogP contribution in [0.2, 0.25) is 0 Å². The highest BCUT2D eigenvalue weighted by Crippen LogP contribution is 2.37. The molecule has 0 spiro atoms. The van der Waals surface area contributed by atoms with Crippen LogP contribution in [0, 0.1) is 0 Å². The lowest BCUT2D eigenvalue weighted by atomic mass is 9.86. The molecule has 0 fully saturated rings. The van der Waals surface area contributed by atoms with Crippen LogP contribution in [0.4, 0.5) is 0 Å². The minimum Gasteiger partial charge on any atom is -0.450 e. The van der Waals surface area contributed by atoms with Crippen molar-refractivity contribution in [2.75, 3.05) is 7.05 Å². The molecule has 4 rings (SSSR count). The van der Waals surface area contributed by atoms with Crippen molar-refractivity contribution < 1.29 is 9.21 Å². The second kappa shape index (κ2) is 5.56. The highest BCUT2D eigenvalue weighted by atomic mass is 16.3. The van der Waals surface area contributed by atoms with Crippen LogP contribution in [0.15, 0.2) is 57.7 Å². The molecular formula is C22H21NO3. The highest BCUT2D eigenvalue weighted by Gasteiger charge is 2.40. The van der Waals surface area contributed by atoms with E-state index in [0.717, 1.165) is 5.56 Å². The van der Waals surface area contributed by atoms with Crippen LogP contribution < -0.4 is 5.43 Å². The number of benzene rings is 2. The summed E-state index contributed by atoms with van der Waals surface area (Å²) >= 11 is 0. The number of para-hydroxylation sites is 1. The molecule has 4 heteroatoms. The lowest BCUT2D eigenvalue weighted by Gasteiger charge is -2.23. The van der Waals surface area contributed by atoms with E-state index in [1.807, 2.05) is 12.1 Å². The topological polar surface area (TPSA) is 50.5 Å². The molecule has 0 saturated heterocycles. The predicted molar refractivity (Wildman–Crippen MR) is 102 cm³/mol. The van der Waals surface area contributed by atoms with Crippen molar-refractivity contribution in [1.82, 2.24) is 4.90 Å². The van der Waals surface area contributed by atoms with Gasteiger partial charge in [-0.1, -0.05) is 57.2 Å². The van der Waals surface area contributed by atoms with Crippen LogP contribution in [0.25, 0.3) is 11.0 Å². The van der Waals surface area contributed by atoms with E-state index < -0.39 is 6.04 Å². The van der Waals surface area contributed by atoms with E-state index in [1.54, 1.807) is 36.2 Å². The van der Waals surface area contributed by atoms with Gasteiger partial charge >= 0.3 is 0 Å². The molecule has 2 heterocycles. The minimum atomic E-state index is -0.424. The second-order valence-corrected chi connectivity index (χ2v) is 7.86. The standard InChI is InChI=1S/C22H21NO3/c1-22(2,3)14-11-9-13(10-12-14)18-17-19(24)15-7-5-6-8-16(15)26-20(17)21(25)23(18)4/h5-12,18H,1-4H3/t18-/m1/s1. The summed E-state index contributed by atoms with van der Waals surface area (Å²) in [6.07, 6.45) is 0. The minimum absolute atomic E-state index is 0.0447. The molecule has 0 bridgehead atoms. The number of fused-ring (bicyclic) bond motifs is 2. The molecule has 4 nitrogen and oxygen atoms in total. The second-order valence-electron chi connectivity index (χ2n) is 7.86. The number of nitrogens with zero attached hydrogens (tertiary/aromatic N) is 1. The van der Waals surface area contributed by atoms with Crippen LogP contribution in [-0.2, 0) is 5.41 Å². The van der Waals surface area contributed by atoms with Gasteiger partial charge < -0.3 is 9.32 Å². The SMILES string of the molecule is CN1C(=O)c2oc3ccccc3c(=O)c2[C@H]1c1ccc(C(C)(C)C)cc1. The van der Waals surface area contributed by atoms with E-state index in [1.165, 1.54) is 5.56 Å². The van der Waals surface area contributed by atoms with E-state index in [-0.39, 0.29) is 22.5 Å². The summed E-state index contributed by atoms with van der Waals surface area (Å²) in [6, 6.07) is 14.8. The predicted octanol–water partition coefficient (Wildman–Crippen LogP) is 4.27. The van der Waals surface area contributed by atoms with E-state index in [9.17, 15) is 9.59 Å². The Kier molecular flexibility index (Phi) is 3.55. The first kappa shape index (κ1) is 16.6. The van der Waals surface area contributed by atoms with Gasteiger partial charge in [0.2, 0.25) is 5.76 Å². The van der Waals surface area contributed by atoms with E-state index in [4.69, 9.17) is 4.42 Å². The first-order valence-corrected chi connectivity index (χ1v) is 8.72. The first-order chi connectivity index (χ1) is 12.3. The molecule has 1 atom stereocenters. The van der Waals surface area contributed by atoms with Crippen molar-refractivity contribution in [3.05, 3.63) is 81.2 Å². The monoisotopic (exact) mass is 347 g/mol. The third kappa shape index (κ3) is 2.37. The Morgan fingerprint density at radius 2 is 1.62 bits per heavy atom. The Balaban J connectivity index is 1.91. The van der Waals surface area contributed by atoms with Gasteiger partial charge in [0.15, 0.2) is 5.43 Å². The molecule has 1 amide bonds. The van der Waals surface area contributed by atoms with Crippen molar-refractivity contribution in [3.8, 4) is 0 Å². The van der Waals surface area contributed by atoms with Gasteiger partial charge in [0.05, 0.1) is 17.0 Å². The van der Waals surface area contributed by atoms with Crippen LogP contribution in [0.5, 0.6) is 0 Å². The summed E-state index contributed by atoms with van der Waals surface area (Å²) in [6.45, 7) is 6.47. The van der Waals surface area contributed by atoms with E-state index in [2.05, 4.69) is 32.9 Å². The number of hydrogen-bond donors (Lipinski definition) is 0. The molecule has 1 aliphatic rings. The summed E-state index contributed by atoms with van der Waals surface area (Å²) in [5, 5.41) is 0.505. The summed E-state index contributed by atoms with van der Waals surface area (Å²) in [7, 11) is 1.71. The molecule has 1 aliphatic heterocycles. The average molecular weight is 347 g/mol. The number of carbonyl (C=O) groups is 1. The fourth-order valence-electron chi connectivity index (χ4n) is 3.59. The molecule has 0 N–H and O–H groups in total. The molecular weight excluding hydrogens is 326 g/mol. The molecule has 0 unspecified atom stereocenters. The number of hydrogen-bond acceptors (Lipinski definition) is 3. The molecule has 2 aromatic carbocycles. The average Bonchev–Trinajstić information content (AvgIpc) is 2.86. The fourth-order valence-corrected chi connectivity index (χ4v) is 3.59. The van der Waals surface area contributed by atoms with Gasteiger partial charge in [-0.05, 0) is 28.7 Å². The number of amides is 1. The van der Waals surface area contributed by atoms with Crippen LogP contribution >= 0.6 is 0 Å². The smallest absolute Gasteiger partial charge is 0.290 e. The third-order valence-electron chi connectivity index (χ3n) is 5.10. The Bertz CT molecular complexity index is 1070. The van der Waals surface area contributed by atoms with Gasteiger partial charge in [-0.3, -0.25) is 9.59 Å². The summed E-state index contributed by atoms with van der Waals surface area (Å²) in [5.41, 5.74) is 2.91. The quantitative estimate of drug-likeness (QED) is 0.661. The lowest BCUT2D eigenvalue weighted by molar-refractivity contribution is 0.0771. The van der Waals surface area contributed by atoms with Gasteiger partial charge in [0.1, 0.15) is 5.58 Å². The Morgan fingerprint density at radius 3 is 2.27 bits per heavy atom. The van der Waals surface area contributed by atoms with E-state index in [0.29, 0.717) is 16.5 Å². The van der Waals surface area contributed by atoms with Crippen molar-refractivity contribution in [1.29, 1.82) is 0 Å². The van der Waals surface area contributed by atoms with Crippen molar-refractivity contribution in [2.45, 2.75) is 32.2 Å². The van der Waals surface area contributed by atoms with Crippen molar-refractivity contribution in [3.63, 3.8) is 0 Å². The van der Waals surface area contributed by atoms with Gasteiger partial charge in [-0.25, -0.2) is 0 Å². The van der Waals surface area contributed by atoms with Gasteiger partial charge in [-0.2, -0.15) is 0 Å². The van der Waals surface area contributed by atoms with Crippen molar-refractivity contribution >= 4 is 16.9 Å². The molecule has 132 valence electrons. The number of carbonyl (C=O) groups excluding carboxylic acids is 1. The third-order valence-corrected chi connectivity index (χ3v) is 5.10. The maximum atomic E-state index is 13.1. The fraction of sp³-hybridized carbons (Fsp3) is 0.273. The van der Waals surface area contributed by atoms with Crippen LogP contribution in [0.1, 0.15) is 54.1 Å². The normalized spacial score (nSPS) is 17.0. The zero-order valence-corrected chi connectivity index (χ0v) is 15.4. The summed E-state index contributed by atoms with van der Waals surface area (Å²) in [5.74, 6) is -0.103.